The SMILES string of the molecule is CC[C@]1(O)CC[C@]2(C)C3CC[C@@]4(C)C(CC[C@@H]4[C@H](C)CCCC(F)(F)F)[C@@H]3CC[C@@H]2C1. The fraction of sp³-hybridized carbons (Fsp3) is 1.00. The molecule has 1 nitrogen and oxygen atoms in total. The Kier molecular flexibility index (Phi) is 6.32. The molecule has 2 unspecified atom stereocenters. The van der Waals surface area contributed by atoms with Crippen molar-refractivity contribution in [3.63, 3.8) is 0 Å². The van der Waals surface area contributed by atoms with Crippen molar-refractivity contribution in [2.24, 2.45) is 46.3 Å². The van der Waals surface area contributed by atoms with Crippen molar-refractivity contribution in [3.05, 3.63) is 0 Å². The summed E-state index contributed by atoms with van der Waals surface area (Å²) in [6.07, 6.45) is 7.98. The summed E-state index contributed by atoms with van der Waals surface area (Å²) in [5, 5.41) is 11.0. The maximum Gasteiger partial charge on any atom is 0.389 e. The van der Waals surface area contributed by atoms with Gasteiger partial charge in [-0.05, 0) is 117 Å². The van der Waals surface area contributed by atoms with Crippen LogP contribution >= 0.6 is 0 Å². The molecule has 4 aliphatic carbocycles. The predicted octanol–water partition coefficient (Wildman–Crippen LogP) is 8.16. The average molecular weight is 443 g/mol. The maximum atomic E-state index is 12.6. The van der Waals surface area contributed by atoms with Crippen LogP contribution < -0.4 is 0 Å². The van der Waals surface area contributed by atoms with Gasteiger partial charge in [-0.2, -0.15) is 13.2 Å². The molecule has 0 spiro atoms. The average Bonchev–Trinajstić information content (AvgIpc) is 3.05. The third-order valence-corrected chi connectivity index (χ3v) is 11.4. The molecular weight excluding hydrogens is 397 g/mol. The Bertz CT molecular complexity index is 647. The van der Waals surface area contributed by atoms with Crippen molar-refractivity contribution < 1.29 is 18.3 Å². The second-order valence-corrected chi connectivity index (χ2v) is 12.7. The van der Waals surface area contributed by atoms with E-state index >= 15 is 0 Å². The summed E-state index contributed by atoms with van der Waals surface area (Å²) in [5.41, 5.74) is 0.257. The summed E-state index contributed by atoms with van der Waals surface area (Å²) >= 11 is 0. The van der Waals surface area contributed by atoms with Gasteiger partial charge in [0.15, 0.2) is 0 Å². The topological polar surface area (TPSA) is 20.2 Å². The van der Waals surface area contributed by atoms with Crippen molar-refractivity contribution in [1.29, 1.82) is 0 Å². The Morgan fingerprint density at radius 1 is 0.935 bits per heavy atom. The molecule has 31 heavy (non-hydrogen) atoms. The lowest BCUT2D eigenvalue weighted by atomic mass is 9.43. The Hall–Kier alpha value is -0.250. The minimum absolute atomic E-state index is 0.286. The highest BCUT2D eigenvalue weighted by molar-refractivity contribution is 5.10. The number of rotatable bonds is 5. The molecule has 0 aromatic heterocycles. The first-order chi connectivity index (χ1) is 14.4. The monoisotopic (exact) mass is 442 g/mol. The molecule has 4 saturated carbocycles. The molecule has 0 aromatic carbocycles. The van der Waals surface area contributed by atoms with Crippen LogP contribution in [0.2, 0.25) is 0 Å². The van der Waals surface area contributed by atoms with E-state index in [1.807, 2.05) is 0 Å². The zero-order valence-corrected chi connectivity index (χ0v) is 20.2. The minimum atomic E-state index is -4.02. The van der Waals surface area contributed by atoms with E-state index in [1.54, 1.807) is 0 Å². The molecule has 180 valence electrons. The standard InChI is InChI=1S/C27H45F3O/c1-5-26(31)16-15-24(3)19(17-26)8-9-20-22-11-10-21(25(22,4)14-12-23(20)24)18(2)7-6-13-27(28,29)30/h18-23,31H,5-17H2,1-4H3/t18-,19-,20+,21-,22?,23?,24+,25-,26+/m1/s1. The number of fused-ring (bicyclic) bond motifs is 5. The lowest BCUT2D eigenvalue weighted by Crippen LogP contribution is -2.56. The van der Waals surface area contributed by atoms with Gasteiger partial charge >= 0.3 is 6.18 Å². The fourth-order valence-corrected chi connectivity index (χ4v) is 9.44. The van der Waals surface area contributed by atoms with Crippen LogP contribution in [-0.2, 0) is 0 Å². The van der Waals surface area contributed by atoms with Gasteiger partial charge in [0.2, 0.25) is 0 Å². The summed E-state index contributed by atoms with van der Waals surface area (Å²) in [6, 6.07) is 0. The molecule has 0 radical (unpaired) electrons. The number of halogens is 3. The van der Waals surface area contributed by atoms with Crippen LogP contribution in [0, 0.1) is 46.3 Å². The Balaban J connectivity index is 1.45. The van der Waals surface area contributed by atoms with Crippen LogP contribution in [0.25, 0.3) is 0 Å². The molecule has 1 N–H and O–H groups in total. The van der Waals surface area contributed by atoms with E-state index in [4.69, 9.17) is 0 Å². The van der Waals surface area contributed by atoms with Gasteiger partial charge in [0, 0.05) is 6.42 Å². The molecule has 0 aliphatic heterocycles. The molecule has 9 atom stereocenters. The first-order valence-corrected chi connectivity index (χ1v) is 13.2. The van der Waals surface area contributed by atoms with Crippen LogP contribution in [0.15, 0.2) is 0 Å². The molecule has 4 rings (SSSR count). The van der Waals surface area contributed by atoms with Gasteiger partial charge in [-0.3, -0.25) is 0 Å². The van der Waals surface area contributed by atoms with E-state index in [0.29, 0.717) is 28.6 Å². The van der Waals surface area contributed by atoms with E-state index < -0.39 is 18.2 Å². The maximum absolute atomic E-state index is 12.6. The zero-order chi connectivity index (χ0) is 22.7. The van der Waals surface area contributed by atoms with Gasteiger partial charge in [0.25, 0.3) is 0 Å². The number of hydrogen-bond acceptors (Lipinski definition) is 1. The molecule has 0 saturated heterocycles. The van der Waals surface area contributed by atoms with Gasteiger partial charge in [-0.1, -0.05) is 34.1 Å². The largest absolute Gasteiger partial charge is 0.390 e. The van der Waals surface area contributed by atoms with Crippen molar-refractivity contribution in [1.82, 2.24) is 0 Å². The summed E-state index contributed by atoms with van der Waals surface area (Å²) < 4.78 is 37.9. The highest BCUT2D eigenvalue weighted by Gasteiger charge is 2.61. The molecule has 0 bridgehead atoms. The van der Waals surface area contributed by atoms with Gasteiger partial charge in [0.1, 0.15) is 0 Å². The third-order valence-electron chi connectivity index (χ3n) is 11.4. The zero-order valence-electron chi connectivity index (χ0n) is 20.2. The van der Waals surface area contributed by atoms with E-state index in [-0.39, 0.29) is 6.42 Å². The Labute approximate surface area is 187 Å². The smallest absolute Gasteiger partial charge is 0.389 e. The van der Waals surface area contributed by atoms with E-state index in [0.717, 1.165) is 43.4 Å². The lowest BCUT2D eigenvalue weighted by molar-refractivity contribution is -0.153. The number of aliphatic hydroxyl groups is 1. The van der Waals surface area contributed by atoms with Crippen LogP contribution in [0.3, 0.4) is 0 Å². The van der Waals surface area contributed by atoms with Crippen LogP contribution in [0.1, 0.15) is 111 Å². The van der Waals surface area contributed by atoms with E-state index in [9.17, 15) is 18.3 Å². The molecular formula is C27H45F3O. The molecule has 0 aromatic rings. The molecule has 4 heteroatoms. The molecule has 0 heterocycles. The quantitative estimate of drug-likeness (QED) is 0.455. The fourth-order valence-electron chi connectivity index (χ4n) is 9.44. The van der Waals surface area contributed by atoms with Crippen molar-refractivity contribution >= 4 is 0 Å². The highest BCUT2D eigenvalue weighted by Crippen LogP contribution is 2.69. The molecule has 0 amide bonds. The second kappa shape index (κ2) is 8.20. The van der Waals surface area contributed by atoms with Crippen LogP contribution in [0.4, 0.5) is 13.2 Å². The minimum Gasteiger partial charge on any atom is -0.390 e. The highest BCUT2D eigenvalue weighted by atomic mass is 19.4. The summed E-state index contributed by atoms with van der Waals surface area (Å²) in [6.45, 7) is 9.40. The second-order valence-electron chi connectivity index (χ2n) is 12.7. The first kappa shape index (κ1) is 23.9. The third kappa shape index (κ3) is 4.21. The Morgan fingerprint density at radius 3 is 2.32 bits per heavy atom. The lowest BCUT2D eigenvalue weighted by Gasteiger charge is -2.62. The van der Waals surface area contributed by atoms with Crippen molar-refractivity contribution in [3.8, 4) is 0 Å². The van der Waals surface area contributed by atoms with Gasteiger partial charge in [-0.15, -0.1) is 0 Å². The molecule has 4 fully saturated rings. The summed E-state index contributed by atoms with van der Waals surface area (Å²) in [5.74, 6) is 3.98. The van der Waals surface area contributed by atoms with Gasteiger partial charge in [-0.25, -0.2) is 0 Å². The predicted molar refractivity (Wildman–Crippen MR) is 120 cm³/mol. The van der Waals surface area contributed by atoms with Crippen molar-refractivity contribution in [2.45, 2.75) is 123 Å². The van der Waals surface area contributed by atoms with Gasteiger partial charge < -0.3 is 5.11 Å². The summed E-state index contributed by atoms with van der Waals surface area (Å²) in [4.78, 5) is 0. The van der Waals surface area contributed by atoms with Gasteiger partial charge in [0.05, 0.1) is 5.60 Å². The normalized spacial score (nSPS) is 48.6. The molecule has 4 aliphatic rings. The van der Waals surface area contributed by atoms with Crippen molar-refractivity contribution in [2.75, 3.05) is 0 Å². The first-order valence-electron chi connectivity index (χ1n) is 13.2. The van der Waals surface area contributed by atoms with Crippen LogP contribution in [0.5, 0.6) is 0 Å². The number of alkyl halides is 3. The number of hydrogen-bond donors (Lipinski definition) is 1. The Morgan fingerprint density at radius 2 is 1.65 bits per heavy atom. The van der Waals surface area contributed by atoms with Crippen LogP contribution in [-0.4, -0.2) is 16.9 Å². The summed E-state index contributed by atoms with van der Waals surface area (Å²) in [7, 11) is 0. The van der Waals surface area contributed by atoms with E-state index in [1.165, 1.54) is 44.9 Å². The van der Waals surface area contributed by atoms with E-state index in [2.05, 4.69) is 27.7 Å².